The van der Waals surface area contributed by atoms with Crippen molar-refractivity contribution in [2.45, 2.75) is 84.5 Å². The lowest BCUT2D eigenvalue weighted by atomic mass is 9.98. The van der Waals surface area contributed by atoms with Crippen LogP contribution >= 0.6 is 11.3 Å². The molecular weight excluding hydrogens is 392 g/mol. The molecule has 0 saturated heterocycles. The molecule has 2 atom stereocenters. The average molecular weight is 421 g/mol. The normalized spacial score (nSPS) is 17.1. The van der Waals surface area contributed by atoms with Gasteiger partial charge in [-0.05, 0) is 58.4 Å². The molecular formula is C21H28N2O5S. The minimum Gasteiger partial charge on any atom is -0.461 e. The Bertz CT molecular complexity index is 958. The maximum absolute atomic E-state index is 13.0. The van der Waals surface area contributed by atoms with Crippen LogP contribution in [0.25, 0.3) is 10.2 Å². The minimum atomic E-state index is -0.801. The van der Waals surface area contributed by atoms with E-state index >= 15 is 0 Å². The Kier molecular flexibility index (Phi) is 6.72. The van der Waals surface area contributed by atoms with E-state index in [9.17, 15) is 14.4 Å². The monoisotopic (exact) mass is 420 g/mol. The molecule has 1 fully saturated rings. The third kappa shape index (κ3) is 4.52. The molecule has 2 aromatic rings. The first-order valence-corrected chi connectivity index (χ1v) is 11.1. The van der Waals surface area contributed by atoms with Crippen molar-refractivity contribution >= 4 is 33.5 Å². The van der Waals surface area contributed by atoms with Gasteiger partial charge in [-0.15, -0.1) is 11.3 Å². The lowest BCUT2D eigenvalue weighted by Crippen LogP contribution is -2.31. The molecule has 29 heavy (non-hydrogen) atoms. The highest BCUT2D eigenvalue weighted by molar-refractivity contribution is 7.20. The quantitative estimate of drug-likeness (QED) is 0.652. The topological polar surface area (TPSA) is 87.5 Å². The molecule has 2 aromatic heterocycles. The predicted octanol–water partition coefficient (Wildman–Crippen LogP) is 4.16. The largest absolute Gasteiger partial charge is 0.461 e. The third-order valence-corrected chi connectivity index (χ3v) is 6.72. The molecule has 0 spiro atoms. The van der Waals surface area contributed by atoms with Gasteiger partial charge in [0.25, 0.3) is 5.56 Å². The van der Waals surface area contributed by atoms with Gasteiger partial charge in [0.05, 0.1) is 17.8 Å². The van der Waals surface area contributed by atoms with Gasteiger partial charge in [0.15, 0.2) is 0 Å². The molecule has 1 saturated carbocycles. The second-order valence-corrected chi connectivity index (χ2v) is 8.69. The van der Waals surface area contributed by atoms with Crippen molar-refractivity contribution in [1.29, 1.82) is 0 Å². The van der Waals surface area contributed by atoms with Crippen molar-refractivity contribution < 1.29 is 19.1 Å². The Morgan fingerprint density at radius 2 is 1.97 bits per heavy atom. The molecule has 0 aliphatic heterocycles. The number of carbonyl (C=O) groups is 2. The van der Waals surface area contributed by atoms with Gasteiger partial charge in [0.1, 0.15) is 21.9 Å². The van der Waals surface area contributed by atoms with Gasteiger partial charge in [-0.2, -0.15) is 0 Å². The summed E-state index contributed by atoms with van der Waals surface area (Å²) in [6, 6.07) is -0.801. The first kappa shape index (κ1) is 21.5. The van der Waals surface area contributed by atoms with Crippen molar-refractivity contribution in [2.24, 2.45) is 0 Å². The highest BCUT2D eigenvalue weighted by Crippen LogP contribution is 2.29. The maximum Gasteiger partial charge on any atom is 0.348 e. The van der Waals surface area contributed by atoms with E-state index in [2.05, 4.69) is 4.98 Å². The van der Waals surface area contributed by atoms with Crippen LogP contribution in [0, 0.1) is 6.92 Å². The average Bonchev–Trinajstić information content (AvgIpc) is 3.05. The zero-order valence-corrected chi connectivity index (χ0v) is 18.2. The zero-order valence-electron chi connectivity index (χ0n) is 17.4. The Hall–Kier alpha value is -2.22. The van der Waals surface area contributed by atoms with E-state index in [1.54, 1.807) is 13.8 Å². The lowest BCUT2D eigenvalue weighted by molar-refractivity contribution is -0.152. The van der Waals surface area contributed by atoms with Gasteiger partial charge in [-0.1, -0.05) is 13.3 Å². The van der Waals surface area contributed by atoms with E-state index in [4.69, 9.17) is 9.47 Å². The van der Waals surface area contributed by atoms with Crippen LogP contribution in [0.3, 0.4) is 0 Å². The number of fused-ring (bicyclic) bond motifs is 1. The van der Waals surface area contributed by atoms with E-state index < -0.39 is 18.0 Å². The number of thiophene rings is 1. The van der Waals surface area contributed by atoms with Gasteiger partial charge < -0.3 is 9.47 Å². The van der Waals surface area contributed by atoms with E-state index in [1.165, 1.54) is 17.3 Å². The van der Waals surface area contributed by atoms with Crippen molar-refractivity contribution in [3.63, 3.8) is 0 Å². The molecule has 8 heteroatoms. The van der Waals surface area contributed by atoms with Gasteiger partial charge in [-0.25, -0.2) is 14.6 Å². The number of carbonyl (C=O) groups excluding carboxylic acids is 2. The molecule has 3 rings (SSSR count). The summed E-state index contributed by atoms with van der Waals surface area (Å²) < 4.78 is 12.3. The molecule has 0 bridgehead atoms. The third-order valence-electron chi connectivity index (χ3n) is 5.54. The zero-order chi connectivity index (χ0) is 21.1. The van der Waals surface area contributed by atoms with Gasteiger partial charge in [0, 0.05) is 0 Å². The first-order valence-electron chi connectivity index (χ1n) is 10.2. The summed E-state index contributed by atoms with van der Waals surface area (Å²) >= 11 is 1.16. The van der Waals surface area contributed by atoms with E-state index in [1.807, 2.05) is 13.8 Å². The summed E-state index contributed by atoms with van der Waals surface area (Å²) in [7, 11) is 0. The standard InChI is InChI=1S/C21H28N2O5S/c1-5-12(2)27-20(25)14(4)23-11-22-18-16(19(23)24)13(3)17(29-18)21(26)28-15-9-7-6-8-10-15/h11-12,14-15H,5-10H2,1-4H3. The number of aromatic nitrogens is 2. The van der Waals surface area contributed by atoms with Gasteiger partial charge >= 0.3 is 11.9 Å². The summed E-state index contributed by atoms with van der Waals surface area (Å²) in [4.78, 5) is 43.3. The number of nitrogens with zero attached hydrogens (tertiary/aromatic N) is 2. The number of hydrogen-bond acceptors (Lipinski definition) is 7. The number of aryl methyl sites for hydroxylation is 1. The molecule has 158 valence electrons. The van der Waals surface area contributed by atoms with Crippen LogP contribution < -0.4 is 5.56 Å². The maximum atomic E-state index is 13.0. The molecule has 1 aliphatic carbocycles. The van der Waals surface area contributed by atoms with Gasteiger partial charge in [0.2, 0.25) is 0 Å². The van der Waals surface area contributed by atoms with Crippen molar-refractivity contribution in [1.82, 2.24) is 9.55 Å². The van der Waals surface area contributed by atoms with Crippen molar-refractivity contribution in [2.75, 3.05) is 0 Å². The van der Waals surface area contributed by atoms with Crippen LogP contribution in [0.15, 0.2) is 11.1 Å². The van der Waals surface area contributed by atoms with Crippen molar-refractivity contribution in [3.05, 3.63) is 27.1 Å². The second kappa shape index (κ2) is 9.07. The molecule has 7 nitrogen and oxygen atoms in total. The van der Waals surface area contributed by atoms with Crippen LogP contribution in [0.4, 0.5) is 0 Å². The minimum absolute atomic E-state index is 0.0548. The summed E-state index contributed by atoms with van der Waals surface area (Å²) in [6.07, 6.45) is 6.85. The summed E-state index contributed by atoms with van der Waals surface area (Å²) in [5.41, 5.74) is 0.203. The van der Waals surface area contributed by atoms with Crippen LogP contribution in [-0.2, 0) is 14.3 Å². The number of hydrogen-bond donors (Lipinski definition) is 0. The van der Waals surface area contributed by atoms with Crippen LogP contribution in [0.5, 0.6) is 0 Å². The summed E-state index contributed by atoms with van der Waals surface area (Å²) in [6.45, 7) is 7.07. The van der Waals surface area contributed by atoms with Gasteiger partial charge in [-0.3, -0.25) is 9.36 Å². The Balaban J connectivity index is 1.88. The van der Waals surface area contributed by atoms with E-state index in [-0.39, 0.29) is 17.8 Å². The first-order chi connectivity index (χ1) is 13.8. The molecule has 0 N–H and O–H groups in total. The fourth-order valence-corrected chi connectivity index (χ4v) is 4.51. The highest BCUT2D eigenvalue weighted by Gasteiger charge is 2.26. The summed E-state index contributed by atoms with van der Waals surface area (Å²) in [5.74, 6) is -0.875. The second-order valence-electron chi connectivity index (χ2n) is 7.69. The SMILES string of the molecule is CCC(C)OC(=O)C(C)n1cnc2sc(C(=O)OC3CCCCC3)c(C)c2c1=O. The highest BCUT2D eigenvalue weighted by atomic mass is 32.1. The van der Waals surface area contributed by atoms with E-state index in [0.717, 1.165) is 37.0 Å². The Morgan fingerprint density at radius 1 is 1.28 bits per heavy atom. The van der Waals surface area contributed by atoms with E-state index in [0.29, 0.717) is 27.1 Å². The van der Waals surface area contributed by atoms with Crippen LogP contribution in [0.1, 0.15) is 80.6 Å². The van der Waals surface area contributed by atoms with Crippen LogP contribution in [-0.4, -0.2) is 33.7 Å². The van der Waals surface area contributed by atoms with Crippen molar-refractivity contribution in [3.8, 4) is 0 Å². The van der Waals surface area contributed by atoms with Crippen LogP contribution in [0.2, 0.25) is 0 Å². The number of ether oxygens (including phenoxy) is 2. The molecule has 2 unspecified atom stereocenters. The predicted molar refractivity (Wildman–Crippen MR) is 111 cm³/mol. The number of esters is 2. The molecule has 0 amide bonds. The molecule has 2 heterocycles. The number of rotatable bonds is 6. The Labute approximate surface area is 174 Å². The fourth-order valence-electron chi connectivity index (χ4n) is 3.49. The lowest BCUT2D eigenvalue weighted by Gasteiger charge is -2.21. The molecule has 0 aromatic carbocycles. The molecule has 0 radical (unpaired) electrons. The smallest absolute Gasteiger partial charge is 0.348 e. The molecule has 1 aliphatic rings. The summed E-state index contributed by atoms with van der Waals surface area (Å²) in [5, 5.41) is 0.358. The Morgan fingerprint density at radius 3 is 2.62 bits per heavy atom. The fraction of sp³-hybridized carbons (Fsp3) is 0.619.